The van der Waals surface area contributed by atoms with Crippen LogP contribution in [0, 0.1) is 5.92 Å². The number of para-hydroxylation sites is 1. The van der Waals surface area contributed by atoms with Crippen LogP contribution in [0.15, 0.2) is 83.8 Å². The van der Waals surface area contributed by atoms with E-state index in [1.807, 2.05) is 35.2 Å². The number of piperidine rings is 1. The van der Waals surface area contributed by atoms with Gasteiger partial charge in [0, 0.05) is 13.1 Å². The summed E-state index contributed by atoms with van der Waals surface area (Å²) in [7, 11) is -2.43. The summed E-state index contributed by atoms with van der Waals surface area (Å²) in [5.74, 6) is 1.03. The van der Waals surface area contributed by atoms with Crippen molar-refractivity contribution in [1.29, 1.82) is 0 Å². The van der Waals surface area contributed by atoms with Crippen molar-refractivity contribution in [3.8, 4) is 5.75 Å². The lowest BCUT2D eigenvalue weighted by Gasteiger charge is -2.32. The zero-order valence-electron chi connectivity index (χ0n) is 19.6. The second-order valence-electron chi connectivity index (χ2n) is 8.66. The van der Waals surface area contributed by atoms with Crippen molar-refractivity contribution >= 4 is 21.6 Å². The van der Waals surface area contributed by atoms with Gasteiger partial charge >= 0.3 is 0 Å². The molecule has 1 amide bonds. The average molecular weight is 479 g/mol. The van der Waals surface area contributed by atoms with Gasteiger partial charge in [0.25, 0.3) is 15.9 Å². The lowest BCUT2D eigenvalue weighted by Crippen LogP contribution is -2.39. The first-order chi connectivity index (χ1) is 16.4. The molecule has 0 N–H and O–H groups in total. The minimum Gasteiger partial charge on any atom is -0.497 e. The Kier molecular flexibility index (Phi) is 7.22. The number of anilines is 1. The van der Waals surface area contributed by atoms with E-state index in [1.54, 1.807) is 36.4 Å². The first-order valence-electron chi connectivity index (χ1n) is 11.5. The largest absolute Gasteiger partial charge is 0.497 e. The molecule has 0 bridgehead atoms. The van der Waals surface area contributed by atoms with E-state index >= 15 is 0 Å². The van der Waals surface area contributed by atoms with E-state index in [1.165, 1.54) is 23.5 Å². The molecule has 0 aromatic heterocycles. The number of hydrogen-bond donors (Lipinski definition) is 0. The lowest BCUT2D eigenvalue weighted by atomic mass is 9.98. The fourth-order valence-electron chi connectivity index (χ4n) is 4.18. The van der Waals surface area contributed by atoms with E-state index < -0.39 is 10.0 Å². The van der Waals surface area contributed by atoms with Crippen LogP contribution in [0.1, 0.15) is 35.7 Å². The molecule has 0 atom stereocenters. The minimum absolute atomic E-state index is 0.108. The number of ether oxygens (including phenoxy) is 1. The lowest BCUT2D eigenvalue weighted by molar-refractivity contribution is 0.0698. The molecule has 6 nitrogen and oxygen atoms in total. The Balaban J connectivity index is 1.77. The molecule has 178 valence electrons. The third kappa shape index (κ3) is 5.09. The third-order valence-corrected chi connectivity index (χ3v) is 8.06. The number of carbonyl (C=O) groups is 1. The maximum Gasteiger partial charge on any atom is 0.264 e. The number of benzene rings is 3. The number of hydrogen-bond acceptors (Lipinski definition) is 4. The molecule has 1 saturated heterocycles. The number of rotatable bonds is 7. The topological polar surface area (TPSA) is 66.9 Å². The Bertz CT molecular complexity index is 1220. The number of sulfonamides is 1. The molecule has 7 heteroatoms. The minimum atomic E-state index is -3.97. The van der Waals surface area contributed by atoms with Gasteiger partial charge in [0.1, 0.15) is 5.75 Å². The van der Waals surface area contributed by atoms with Gasteiger partial charge in [-0.05, 0) is 60.7 Å². The van der Waals surface area contributed by atoms with Gasteiger partial charge in [-0.25, -0.2) is 8.42 Å². The SMILES string of the molecule is COc1ccc(S(=O)(=O)N(Cc2ccccc2)c2ccccc2C(=O)N2CCC(C)CC2)cc1. The van der Waals surface area contributed by atoms with E-state index in [-0.39, 0.29) is 17.3 Å². The second-order valence-corrected chi connectivity index (χ2v) is 10.5. The molecule has 34 heavy (non-hydrogen) atoms. The van der Waals surface area contributed by atoms with Gasteiger partial charge in [-0.2, -0.15) is 0 Å². The fraction of sp³-hybridized carbons (Fsp3) is 0.296. The van der Waals surface area contributed by atoms with Crippen molar-refractivity contribution < 1.29 is 17.9 Å². The average Bonchev–Trinajstić information content (AvgIpc) is 2.88. The van der Waals surface area contributed by atoms with Crippen LogP contribution in [0.3, 0.4) is 0 Å². The van der Waals surface area contributed by atoms with E-state index in [4.69, 9.17) is 4.74 Å². The van der Waals surface area contributed by atoms with Gasteiger partial charge < -0.3 is 9.64 Å². The maximum atomic E-state index is 13.9. The molecule has 1 aliphatic rings. The molecule has 3 aromatic carbocycles. The molecule has 1 fully saturated rings. The monoisotopic (exact) mass is 478 g/mol. The molecule has 1 aliphatic heterocycles. The molecule has 4 rings (SSSR count). The Morgan fingerprint density at radius 3 is 2.21 bits per heavy atom. The summed E-state index contributed by atoms with van der Waals surface area (Å²) in [6.07, 6.45) is 1.90. The fourth-order valence-corrected chi connectivity index (χ4v) is 5.65. The summed E-state index contributed by atoms with van der Waals surface area (Å²) in [5, 5.41) is 0. The van der Waals surface area contributed by atoms with Crippen LogP contribution in [0.4, 0.5) is 5.69 Å². The van der Waals surface area contributed by atoms with Gasteiger partial charge in [0.2, 0.25) is 0 Å². The molecule has 1 heterocycles. The Morgan fingerprint density at radius 2 is 1.56 bits per heavy atom. The Hall–Kier alpha value is -3.32. The van der Waals surface area contributed by atoms with Crippen LogP contribution in [0.2, 0.25) is 0 Å². The van der Waals surface area contributed by atoms with Crippen molar-refractivity contribution in [2.24, 2.45) is 5.92 Å². The van der Waals surface area contributed by atoms with E-state index in [9.17, 15) is 13.2 Å². The molecular weight excluding hydrogens is 448 g/mol. The number of methoxy groups -OCH3 is 1. The van der Waals surface area contributed by atoms with Gasteiger partial charge in [0.15, 0.2) is 0 Å². The van der Waals surface area contributed by atoms with Crippen LogP contribution in [0.5, 0.6) is 5.75 Å². The van der Waals surface area contributed by atoms with Gasteiger partial charge in [0.05, 0.1) is 29.8 Å². The molecule has 0 radical (unpaired) electrons. The van der Waals surface area contributed by atoms with Crippen molar-refractivity contribution in [2.75, 3.05) is 24.5 Å². The quantitative estimate of drug-likeness (QED) is 0.481. The van der Waals surface area contributed by atoms with Crippen molar-refractivity contribution in [1.82, 2.24) is 4.90 Å². The highest BCUT2D eigenvalue weighted by atomic mass is 32.2. The zero-order valence-corrected chi connectivity index (χ0v) is 20.4. The van der Waals surface area contributed by atoms with Gasteiger partial charge in [-0.3, -0.25) is 9.10 Å². The van der Waals surface area contributed by atoms with E-state index in [0.29, 0.717) is 36.0 Å². The molecule has 0 unspecified atom stereocenters. The summed E-state index contributed by atoms with van der Waals surface area (Å²) in [4.78, 5) is 15.5. The van der Waals surface area contributed by atoms with Crippen molar-refractivity contribution in [3.05, 3.63) is 90.0 Å². The van der Waals surface area contributed by atoms with Crippen molar-refractivity contribution in [3.63, 3.8) is 0 Å². The molecule has 0 saturated carbocycles. The summed E-state index contributed by atoms with van der Waals surface area (Å²) < 4.78 is 34.3. The number of nitrogens with zero attached hydrogens (tertiary/aromatic N) is 2. The van der Waals surface area contributed by atoms with Gasteiger partial charge in [-0.1, -0.05) is 49.4 Å². The van der Waals surface area contributed by atoms with Crippen LogP contribution >= 0.6 is 0 Å². The van der Waals surface area contributed by atoms with E-state index in [0.717, 1.165) is 18.4 Å². The van der Waals surface area contributed by atoms with Crippen LogP contribution in [-0.4, -0.2) is 39.4 Å². The first kappa shape index (κ1) is 23.8. The van der Waals surface area contributed by atoms with Crippen LogP contribution in [-0.2, 0) is 16.6 Å². The molecular formula is C27H30N2O4S. The summed E-state index contributed by atoms with van der Waals surface area (Å²) in [6, 6.07) is 22.7. The third-order valence-electron chi connectivity index (χ3n) is 6.29. The standard InChI is InChI=1S/C27H30N2O4S/c1-21-16-18-28(19-17-21)27(30)25-10-6-7-11-26(25)29(20-22-8-4-3-5-9-22)34(31,32)24-14-12-23(33-2)13-15-24/h3-15,21H,16-20H2,1-2H3. The maximum absolute atomic E-state index is 13.9. The predicted molar refractivity (Wildman–Crippen MR) is 134 cm³/mol. The Morgan fingerprint density at radius 1 is 0.941 bits per heavy atom. The van der Waals surface area contributed by atoms with Crippen LogP contribution in [0.25, 0.3) is 0 Å². The first-order valence-corrected chi connectivity index (χ1v) is 12.9. The summed E-state index contributed by atoms with van der Waals surface area (Å²) in [6.45, 7) is 3.66. The van der Waals surface area contributed by atoms with Crippen LogP contribution < -0.4 is 9.04 Å². The zero-order chi connectivity index (χ0) is 24.1. The second kappa shape index (κ2) is 10.3. The number of likely N-dealkylation sites (tertiary alicyclic amines) is 1. The summed E-state index contributed by atoms with van der Waals surface area (Å²) >= 11 is 0. The Labute approximate surface area is 201 Å². The van der Waals surface area contributed by atoms with Gasteiger partial charge in [-0.15, -0.1) is 0 Å². The highest BCUT2D eigenvalue weighted by Gasteiger charge is 2.30. The normalized spacial score (nSPS) is 14.6. The molecule has 3 aromatic rings. The summed E-state index contributed by atoms with van der Waals surface area (Å²) in [5.41, 5.74) is 1.60. The smallest absolute Gasteiger partial charge is 0.264 e. The highest BCUT2D eigenvalue weighted by Crippen LogP contribution is 2.31. The predicted octanol–water partition coefficient (Wildman–Crippen LogP) is 4.96. The highest BCUT2D eigenvalue weighted by molar-refractivity contribution is 7.92. The van der Waals surface area contributed by atoms with Crippen molar-refractivity contribution in [2.45, 2.75) is 31.2 Å². The number of amides is 1. The number of carbonyl (C=O) groups excluding carboxylic acids is 1. The van der Waals surface area contributed by atoms with E-state index in [2.05, 4.69) is 6.92 Å². The molecule has 0 spiro atoms. The molecule has 0 aliphatic carbocycles.